The van der Waals surface area contributed by atoms with Crippen LogP contribution in [0, 0.1) is 0 Å². The summed E-state index contributed by atoms with van der Waals surface area (Å²) in [5, 5.41) is 0. The van der Waals surface area contributed by atoms with Crippen LogP contribution in [-0.2, 0) is 20.9 Å². The summed E-state index contributed by atoms with van der Waals surface area (Å²) in [5.41, 5.74) is 0.956. The van der Waals surface area contributed by atoms with Crippen LogP contribution in [0.25, 0.3) is 0 Å². The Morgan fingerprint density at radius 1 is 1.47 bits per heavy atom. The fraction of sp³-hybridized carbons (Fsp3) is 0.538. The molecule has 1 atom stereocenters. The quantitative estimate of drug-likeness (QED) is 0.683. The van der Waals surface area contributed by atoms with Gasteiger partial charge in [0.1, 0.15) is 0 Å². The van der Waals surface area contributed by atoms with Gasteiger partial charge in [-0.3, -0.25) is 4.98 Å². The van der Waals surface area contributed by atoms with Crippen molar-refractivity contribution in [2.45, 2.75) is 39.4 Å². The molecule has 0 saturated heterocycles. The van der Waals surface area contributed by atoms with Crippen LogP contribution < -0.4 is 0 Å². The Balaban J connectivity index is 2.47. The Hall–Kier alpha value is -1.42. The van der Waals surface area contributed by atoms with Crippen LogP contribution in [0.15, 0.2) is 24.5 Å². The topological polar surface area (TPSA) is 48.4 Å². The third-order valence-corrected chi connectivity index (χ3v) is 2.27. The maximum Gasteiger partial charge on any atom is 0.335 e. The van der Waals surface area contributed by atoms with Crippen LogP contribution in [0.3, 0.4) is 0 Å². The molecule has 0 aromatic carbocycles. The van der Waals surface area contributed by atoms with E-state index in [-0.39, 0.29) is 5.97 Å². The molecule has 0 amide bonds. The molecule has 0 fully saturated rings. The Morgan fingerprint density at radius 2 is 2.29 bits per heavy atom. The van der Waals surface area contributed by atoms with E-state index in [4.69, 9.17) is 9.47 Å². The van der Waals surface area contributed by atoms with Crippen molar-refractivity contribution in [2.75, 3.05) is 6.61 Å². The van der Waals surface area contributed by atoms with Crippen molar-refractivity contribution in [1.29, 1.82) is 0 Å². The highest BCUT2D eigenvalue weighted by Crippen LogP contribution is 2.08. The van der Waals surface area contributed by atoms with E-state index in [2.05, 4.69) is 4.98 Å². The smallest absolute Gasteiger partial charge is 0.335 e. The highest BCUT2D eigenvalue weighted by Gasteiger charge is 2.19. The van der Waals surface area contributed by atoms with E-state index in [1.54, 1.807) is 19.3 Å². The molecule has 0 aliphatic heterocycles. The van der Waals surface area contributed by atoms with Crippen LogP contribution in [0.1, 0.15) is 32.3 Å². The molecule has 94 valence electrons. The zero-order valence-electron chi connectivity index (χ0n) is 10.4. The number of esters is 1. The lowest BCUT2D eigenvalue weighted by atomic mass is 10.2. The molecule has 0 bridgehead atoms. The molecule has 4 nitrogen and oxygen atoms in total. The second-order valence-electron chi connectivity index (χ2n) is 3.70. The van der Waals surface area contributed by atoms with Gasteiger partial charge in [-0.25, -0.2) is 4.79 Å². The average molecular weight is 237 g/mol. The summed E-state index contributed by atoms with van der Waals surface area (Å²) in [5.74, 6) is -0.279. The molecule has 1 aromatic rings. The monoisotopic (exact) mass is 237 g/mol. The second kappa shape index (κ2) is 7.79. The van der Waals surface area contributed by atoms with Gasteiger partial charge in [-0.2, -0.15) is 0 Å². The Morgan fingerprint density at radius 3 is 2.88 bits per heavy atom. The van der Waals surface area contributed by atoms with Gasteiger partial charge in [0.05, 0.1) is 13.2 Å². The lowest BCUT2D eigenvalue weighted by Crippen LogP contribution is -2.26. The summed E-state index contributed by atoms with van der Waals surface area (Å²) in [6.07, 6.45) is 4.53. The molecule has 1 rings (SSSR count). The molecule has 1 heterocycles. The van der Waals surface area contributed by atoms with Gasteiger partial charge in [0.15, 0.2) is 6.10 Å². The number of pyridine rings is 1. The number of hydrogen-bond acceptors (Lipinski definition) is 4. The maximum absolute atomic E-state index is 11.6. The third kappa shape index (κ3) is 4.95. The minimum absolute atomic E-state index is 0.279. The normalized spacial score (nSPS) is 12.1. The van der Waals surface area contributed by atoms with E-state index in [1.807, 2.05) is 19.1 Å². The predicted octanol–water partition coefficient (Wildman–Crippen LogP) is 2.33. The summed E-state index contributed by atoms with van der Waals surface area (Å²) in [7, 11) is 0. The van der Waals surface area contributed by atoms with Gasteiger partial charge >= 0.3 is 5.97 Å². The number of ether oxygens (including phenoxy) is 2. The molecule has 0 radical (unpaired) electrons. The number of carbonyl (C=O) groups excluding carboxylic acids is 1. The zero-order valence-corrected chi connectivity index (χ0v) is 10.4. The highest BCUT2D eigenvalue weighted by molar-refractivity contribution is 5.74. The summed E-state index contributed by atoms with van der Waals surface area (Å²) < 4.78 is 10.5. The molecule has 4 heteroatoms. The zero-order chi connectivity index (χ0) is 12.5. The lowest BCUT2D eigenvalue weighted by Gasteiger charge is -2.15. The number of hydrogen-bond donors (Lipinski definition) is 0. The van der Waals surface area contributed by atoms with Crippen LogP contribution in [0.4, 0.5) is 0 Å². The third-order valence-electron chi connectivity index (χ3n) is 2.27. The summed E-state index contributed by atoms with van der Waals surface area (Å²) >= 11 is 0. The summed E-state index contributed by atoms with van der Waals surface area (Å²) in [6.45, 7) is 4.58. The standard InChI is InChI=1S/C13H19NO3/c1-3-6-12(13(15)16-4-2)17-10-11-7-5-8-14-9-11/h5,7-9,12H,3-4,6,10H2,1-2H3. The van der Waals surface area contributed by atoms with Gasteiger partial charge in [0.25, 0.3) is 0 Å². The fourth-order valence-corrected chi connectivity index (χ4v) is 1.45. The molecule has 17 heavy (non-hydrogen) atoms. The van der Waals surface area contributed by atoms with Gasteiger partial charge < -0.3 is 9.47 Å². The fourth-order valence-electron chi connectivity index (χ4n) is 1.45. The first-order valence-electron chi connectivity index (χ1n) is 5.95. The number of nitrogens with zero attached hydrogens (tertiary/aromatic N) is 1. The highest BCUT2D eigenvalue weighted by atomic mass is 16.6. The van der Waals surface area contributed by atoms with Crippen LogP contribution >= 0.6 is 0 Å². The van der Waals surface area contributed by atoms with Crippen LogP contribution in [0.2, 0.25) is 0 Å². The van der Waals surface area contributed by atoms with E-state index >= 15 is 0 Å². The lowest BCUT2D eigenvalue weighted by molar-refractivity contribution is -0.158. The Labute approximate surface area is 102 Å². The van der Waals surface area contributed by atoms with Crippen molar-refractivity contribution in [3.05, 3.63) is 30.1 Å². The average Bonchev–Trinajstić information content (AvgIpc) is 2.36. The SMILES string of the molecule is CCCC(OCc1cccnc1)C(=O)OCC. The molecule has 0 N–H and O–H groups in total. The number of aromatic nitrogens is 1. The number of carbonyl (C=O) groups is 1. The molecule has 0 aliphatic carbocycles. The minimum atomic E-state index is -0.472. The van der Waals surface area contributed by atoms with Gasteiger partial charge in [-0.05, 0) is 25.0 Å². The second-order valence-corrected chi connectivity index (χ2v) is 3.70. The van der Waals surface area contributed by atoms with Crippen molar-refractivity contribution >= 4 is 5.97 Å². The Kier molecular flexibility index (Phi) is 6.25. The molecule has 1 unspecified atom stereocenters. The predicted molar refractivity (Wildman–Crippen MR) is 64.4 cm³/mol. The van der Waals surface area contributed by atoms with Crippen molar-refractivity contribution < 1.29 is 14.3 Å². The first-order valence-corrected chi connectivity index (χ1v) is 5.95. The van der Waals surface area contributed by atoms with Crippen LogP contribution in [-0.4, -0.2) is 23.7 Å². The van der Waals surface area contributed by atoms with E-state index in [0.29, 0.717) is 19.6 Å². The minimum Gasteiger partial charge on any atom is -0.464 e. The first-order chi connectivity index (χ1) is 8.27. The van der Waals surface area contributed by atoms with Crippen molar-refractivity contribution in [2.24, 2.45) is 0 Å². The Bertz CT molecular complexity index is 327. The van der Waals surface area contributed by atoms with E-state index in [0.717, 1.165) is 12.0 Å². The van der Waals surface area contributed by atoms with Crippen molar-refractivity contribution in [1.82, 2.24) is 4.98 Å². The molecule has 0 aliphatic rings. The van der Waals surface area contributed by atoms with E-state index < -0.39 is 6.10 Å². The van der Waals surface area contributed by atoms with Crippen molar-refractivity contribution in [3.63, 3.8) is 0 Å². The first kappa shape index (κ1) is 13.6. The van der Waals surface area contributed by atoms with Gasteiger partial charge in [0.2, 0.25) is 0 Å². The molecule has 0 spiro atoms. The summed E-state index contributed by atoms with van der Waals surface area (Å²) in [6, 6.07) is 3.76. The van der Waals surface area contributed by atoms with Gasteiger partial charge in [0, 0.05) is 12.4 Å². The van der Waals surface area contributed by atoms with Gasteiger partial charge in [-0.1, -0.05) is 19.4 Å². The largest absolute Gasteiger partial charge is 0.464 e. The molecular weight excluding hydrogens is 218 g/mol. The molecule has 0 saturated carbocycles. The van der Waals surface area contributed by atoms with E-state index in [9.17, 15) is 4.79 Å². The van der Waals surface area contributed by atoms with E-state index in [1.165, 1.54) is 0 Å². The molecule has 1 aromatic heterocycles. The van der Waals surface area contributed by atoms with Gasteiger partial charge in [-0.15, -0.1) is 0 Å². The maximum atomic E-state index is 11.6. The van der Waals surface area contributed by atoms with Crippen LogP contribution in [0.5, 0.6) is 0 Å². The summed E-state index contributed by atoms with van der Waals surface area (Å²) in [4.78, 5) is 15.6. The van der Waals surface area contributed by atoms with Crippen molar-refractivity contribution in [3.8, 4) is 0 Å². The molecular formula is C13H19NO3. The number of rotatable bonds is 7.